The highest BCUT2D eigenvalue weighted by Crippen LogP contribution is 2.23. The van der Waals surface area contributed by atoms with Gasteiger partial charge in [-0.1, -0.05) is 25.1 Å². The Labute approximate surface area is 107 Å². The highest BCUT2D eigenvalue weighted by Gasteiger charge is 2.06. The van der Waals surface area contributed by atoms with Gasteiger partial charge in [-0.25, -0.2) is 4.98 Å². The molecular formula is C15H17NO2. The number of fused-ring (bicyclic) bond motifs is 1. The van der Waals surface area contributed by atoms with Crippen LogP contribution in [0, 0.1) is 6.92 Å². The van der Waals surface area contributed by atoms with E-state index in [1.807, 2.05) is 44.2 Å². The lowest BCUT2D eigenvalue weighted by atomic mass is 10.2. The van der Waals surface area contributed by atoms with Crippen LogP contribution in [0.3, 0.4) is 0 Å². The molecule has 0 N–H and O–H groups in total. The molecule has 1 aromatic carbocycles. The van der Waals surface area contributed by atoms with Crippen molar-refractivity contribution < 1.29 is 9.53 Å². The number of Topliss-reactive ketones (excluding diaryl/α,β-unsaturated/α-hetero) is 1. The zero-order valence-corrected chi connectivity index (χ0v) is 10.8. The molecule has 0 saturated heterocycles. The minimum atomic E-state index is 0.127. The van der Waals surface area contributed by atoms with Crippen LogP contribution in [0.2, 0.25) is 0 Å². The van der Waals surface area contributed by atoms with E-state index < -0.39 is 0 Å². The molecule has 0 aliphatic heterocycles. The largest absolute Gasteiger partial charge is 0.484 e. The summed E-state index contributed by atoms with van der Waals surface area (Å²) in [5.74, 6) is 0.808. The smallest absolute Gasteiger partial charge is 0.170 e. The molecule has 3 nitrogen and oxygen atoms in total. The first-order valence-corrected chi connectivity index (χ1v) is 6.21. The van der Waals surface area contributed by atoms with Crippen LogP contribution in [0.15, 0.2) is 30.3 Å². The Morgan fingerprint density at radius 3 is 2.89 bits per heavy atom. The molecule has 0 aliphatic carbocycles. The van der Waals surface area contributed by atoms with Crippen LogP contribution in [0.25, 0.3) is 10.9 Å². The van der Waals surface area contributed by atoms with Crippen molar-refractivity contribution in [3.63, 3.8) is 0 Å². The molecular weight excluding hydrogens is 226 g/mol. The number of rotatable bonds is 5. The standard InChI is InChI=1S/C15H17NO2/c1-3-5-13(17)10-18-14-7-4-6-12-9-8-11(2)16-15(12)14/h4,6-9H,3,5,10H2,1-2H3. The van der Waals surface area contributed by atoms with E-state index in [0.29, 0.717) is 12.2 Å². The van der Waals surface area contributed by atoms with Gasteiger partial charge in [0.2, 0.25) is 0 Å². The average Bonchev–Trinajstić information content (AvgIpc) is 2.36. The number of pyridine rings is 1. The summed E-state index contributed by atoms with van der Waals surface area (Å²) in [5.41, 5.74) is 1.76. The molecule has 1 aromatic heterocycles. The number of hydrogen-bond acceptors (Lipinski definition) is 3. The molecule has 3 heteroatoms. The second kappa shape index (κ2) is 5.63. The van der Waals surface area contributed by atoms with E-state index in [2.05, 4.69) is 4.98 Å². The number of carbonyl (C=O) groups excluding carboxylic acids is 1. The highest BCUT2D eigenvalue weighted by molar-refractivity contribution is 5.85. The van der Waals surface area contributed by atoms with E-state index in [0.717, 1.165) is 23.0 Å². The number of ketones is 1. The molecule has 0 amide bonds. The third kappa shape index (κ3) is 2.86. The minimum absolute atomic E-state index is 0.127. The number of ether oxygens (including phenoxy) is 1. The summed E-state index contributed by atoms with van der Waals surface area (Å²) < 4.78 is 5.58. The van der Waals surface area contributed by atoms with Gasteiger partial charge < -0.3 is 4.74 Å². The van der Waals surface area contributed by atoms with Crippen molar-refractivity contribution in [2.24, 2.45) is 0 Å². The quantitative estimate of drug-likeness (QED) is 0.808. The predicted octanol–water partition coefficient (Wildman–Crippen LogP) is 3.29. The monoisotopic (exact) mass is 243 g/mol. The summed E-state index contributed by atoms with van der Waals surface area (Å²) in [5, 5.41) is 1.03. The van der Waals surface area contributed by atoms with Gasteiger partial charge in [0, 0.05) is 17.5 Å². The van der Waals surface area contributed by atoms with Gasteiger partial charge in [-0.15, -0.1) is 0 Å². The number of aromatic nitrogens is 1. The maximum Gasteiger partial charge on any atom is 0.170 e. The molecule has 2 rings (SSSR count). The lowest BCUT2D eigenvalue weighted by Gasteiger charge is -2.08. The van der Waals surface area contributed by atoms with Crippen molar-refractivity contribution in [1.82, 2.24) is 4.98 Å². The maximum atomic E-state index is 11.5. The number of carbonyl (C=O) groups is 1. The van der Waals surface area contributed by atoms with Gasteiger partial charge in [-0.3, -0.25) is 4.79 Å². The number of nitrogens with zero attached hydrogens (tertiary/aromatic N) is 1. The van der Waals surface area contributed by atoms with E-state index >= 15 is 0 Å². The van der Waals surface area contributed by atoms with Gasteiger partial charge in [0.15, 0.2) is 5.78 Å². The first-order chi connectivity index (χ1) is 8.70. The summed E-state index contributed by atoms with van der Waals surface area (Å²) in [6.07, 6.45) is 1.42. The van der Waals surface area contributed by atoms with E-state index in [-0.39, 0.29) is 12.4 Å². The van der Waals surface area contributed by atoms with Crippen LogP contribution in [0.5, 0.6) is 5.75 Å². The Hall–Kier alpha value is -1.90. The fourth-order valence-electron chi connectivity index (χ4n) is 1.84. The molecule has 0 radical (unpaired) electrons. The van der Waals surface area contributed by atoms with E-state index in [1.54, 1.807) is 0 Å². The Bertz CT molecular complexity index is 563. The maximum absolute atomic E-state index is 11.5. The SMILES string of the molecule is CCCC(=O)COc1cccc2ccc(C)nc12. The van der Waals surface area contributed by atoms with Crippen molar-refractivity contribution in [3.05, 3.63) is 36.0 Å². The fourth-order valence-corrected chi connectivity index (χ4v) is 1.84. The molecule has 0 atom stereocenters. The van der Waals surface area contributed by atoms with Gasteiger partial charge in [-0.2, -0.15) is 0 Å². The summed E-state index contributed by atoms with van der Waals surface area (Å²) >= 11 is 0. The van der Waals surface area contributed by atoms with Crippen molar-refractivity contribution >= 4 is 16.7 Å². The third-order valence-electron chi connectivity index (χ3n) is 2.74. The molecule has 2 aromatic rings. The first kappa shape index (κ1) is 12.6. The van der Waals surface area contributed by atoms with Crippen LogP contribution >= 0.6 is 0 Å². The molecule has 0 saturated carbocycles. The van der Waals surface area contributed by atoms with E-state index in [9.17, 15) is 4.79 Å². The molecule has 18 heavy (non-hydrogen) atoms. The summed E-state index contributed by atoms with van der Waals surface area (Å²) in [7, 11) is 0. The van der Waals surface area contributed by atoms with Gasteiger partial charge >= 0.3 is 0 Å². The highest BCUT2D eigenvalue weighted by atomic mass is 16.5. The lowest BCUT2D eigenvalue weighted by Crippen LogP contribution is -2.10. The zero-order valence-electron chi connectivity index (χ0n) is 10.8. The van der Waals surface area contributed by atoms with Crippen molar-refractivity contribution in [2.45, 2.75) is 26.7 Å². The number of para-hydroxylation sites is 1. The van der Waals surface area contributed by atoms with Crippen LogP contribution in [-0.2, 0) is 4.79 Å². The van der Waals surface area contributed by atoms with Crippen LogP contribution in [0.1, 0.15) is 25.5 Å². The summed E-state index contributed by atoms with van der Waals surface area (Å²) in [6.45, 7) is 4.06. The number of benzene rings is 1. The molecule has 0 fully saturated rings. The van der Waals surface area contributed by atoms with Crippen LogP contribution in [0.4, 0.5) is 0 Å². The van der Waals surface area contributed by atoms with Gasteiger partial charge in [0.25, 0.3) is 0 Å². The fraction of sp³-hybridized carbons (Fsp3) is 0.333. The Balaban J connectivity index is 2.22. The molecule has 94 valence electrons. The van der Waals surface area contributed by atoms with Gasteiger partial charge in [0.05, 0.1) is 0 Å². The molecule has 1 heterocycles. The number of hydrogen-bond donors (Lipinski definition) is 0. The Morgan fingerprint density at radius 1 is 1.28 bits per heavy atom. The molecule has 0 bridgehead atoms. The second-order valence-electron chi connectivity index (χ2n) is 4.36. The Kier molecular flexibility index (Phi) is 3.92. The minimum Gasteiger partial charge on any atom is -0.484 e. The van der Waals surface area contributed by atoms with E-state index in [4.69, 9.17) is 4.74 Å². The lowest BCUT2D eigenvalue weighted by molar-refractivity contribution is -0.121. The average molecular weight is 243 g/mol. The van der Waals surface area contributed by atoms with Crippen LogP contribution in [-0.4, -0.2) is 17.4 Å². The van der Waals surface area contributed by atoms with Crippen LogP contribution < -0.4 is 4.74 Å². The summed E-state index contributed by atoms with van der Waals surface area (Å²) in [4.78, 5) is 15.9. The van der Waals surface area contributed by atoms with Crippen molar-refractivity contribution in [1.29, 1.82) is 0 Å². The van der Waals surface area contributed by atoms with E-state index in [1.165, 1.54) is 0 Å². The summed E-state index contributed by atoms with van der Waals surface area (Å²) in [6, 6.07) is 9.74. The second-order valence-corrected chi connectivity index (χ2v) is 4.36. The zero-order chi connectivity index (χ0) is 13.0. The number of aryl methyl sites for hydroxylation is 1. The normalized spacial score (nSPS) is 10.6. The van der Waals surface area contributed by atoms with Gasteiger partial charge in [-0.05, 0) is 25.5 Å². The molecule has 0 aliphatic rings. The van der Waals surface area contributed by atoms with Crippen molar-refractivity contribution in [2.75, 3.05) is 6.61 Å². The Morgan fingerprint density at radius 2 is 2.11 bits per heavy atom. The predicted molar refractivity (Wildman–Crippen MR) is 71.9 cm³/mol. The first-order valence-electron chi connectivity index (χ1n) is 6.21. The molecule has 0 unspecified atom stereocenters. The van der Waals surface area contributed by atoms with Gasteiger partial charge in [0.1, 0.15) is 17.9 Å². The molecule has 0 spiro atoms. The topological polar surface area (TPSA) is 39.2 Å². The third-order valence-corrected chi connectivity index (χ3v) is 2.74. The van der Waals surface area contributed by atoms with Crippen molar-refractivity contribution in [3.8, 4) is 5.75 Å².